The number of rotatable bonds is 5. The van der Waals surface area contributed by atoms with E-state index in [4.69, 9.17) is 9.47 Å². The summed E-state index contributed by atoms with van der Waals surface area (Å²) in [6.07, 6.45) is 0. The van der Waals surface area contributed by atoms with Gasteiger partial charge >= 0.3 is 0 Å². The summed E-state index contributed by atoms with van der Waals surface area (Å²) < 4.78 is 24.5. The molecule has 1 fully saturated rings. The van der Waals surface area contributed by atoms with E-state index in [2.05, 4.69) is 0 Å². The molecular formula is C22H21FN2O4. The van der Waals surface area contributed by atoms with Crippen molar-refractivity contribution in [2.45, 2.75) is 6.92 Å². The minimum Gasteiger partial charge on any atom is -0.492 e. The lowest BCUT2D eigenvalue weighted by Gasteiger charge is -2.29. The normalized spacial score (nSPS) is 17.3. The monoisotopic (exact) mass is 396 g/mol. The van der Waals surface area contributed by atoms with E-state index >= 15 is 0 Å². The third-order valence-corrected chi connectivity index (χ3v) is 4.93. The summed E-state index contributed by atoms with van der Waals surface area (Å²) in [5.74, 6) is -0.811. The van der Waals surface area contributed by atoms with Crippen LogP contribution in [0.5, 0.6) is 5.75 Å². The van der Waals surface area contributed by atoms with Crippen LogP contribution in [0, 0.1) is 5.82 Å². The largest absolute Gasteiger partial charge is 0.492 e. The number of benzene rings is 2. The molecule has 0 saturated carbocycles. The number of anilines is 1. The number of hydrogen-bond acceptors (Lipinski definition) is 5. The van der Waals surface area contributed by atoms with Crippen molar-refractivity contribution in [2.75, 3.05) is 37.8 Å². The summed E-state index contributed by atoms with van der Waals surface area (Å²) in [5, 5.41) is 0. The van der Waals surface area contributed by atoms with E-state index in [-0.39, 0.29) is 5.57 Å². The van der Waals surface area contributed by atoms with E-state index in [0.717, 1.165) is 4.90 Å². The summed E-state index contributed by atoms with van der Waals surface area (Å²) in [7, 11) is 0. The standard InChI is InChI=1S/C22H21FN2O4/c1-2-29-18-6-4-3-5-17(18)25-21(26)19(15-7-9-16(23)10-8-15)20(22(25)27)24-11-13-28-14-12-24/h3-10H,2,11-14H2,1H3. The average molecular weight is 396 g/mol. The van der Waals surface area contributed by atoms with E-state index in [1.54, 1.807) is 24.3 Å². The van der Waals surface area contributed by atoms with Crippen molar-refractivity contribution in [1.29, 1.82) is 0 Å². The van der Waals surface area contributed by atoms with Crippen LogP contribution in [0.2, 0.25) is 0 Å². The molecule has 2 aromatic carbocycles. The second-order valence-corrected chi connectivity index (χ2v) is 6.68. The minimum atomic E-state index is -0.449. The van der Waals surface area contributed by atoms with Crippen LogP contribution in [-0.2, 0) is 14.3 Å². The maximum Gasteiger partial charge on any atom is 0.282 e. The van der Waals surface area contributed by atoms with E-state index in [0.29, 0.717) is 55.6 Å². The SMILES string of the molecule is CCOc1ccccc1N1C(=O)C(c2ccc(F)cc2)=C(N2CCOCC2)C1=O. The highest BCUT2D eigenvalue weighted by Crippen LogP contribution is 2.38. The molecule has 29 heavy (non-hydrogen) atoms. The molecule has 2 aliphatic rings. The summed E-state index contributed by atoms with van der Waals surface area (Å²) in [5.41, 5.74) is 1.48. The average Bonchev–Trinajstić information content (AvgIpc) is 3.00. The summed E-state index contributed by atoms with van der Waals surface area (Å²) in [6, 6.07) is 12.6. The molecule has 0 aliphatic carbocycles. The highest BCUT2D eigenvalue weighted by atomic mass is 19.1. The molecule has 7 heteroatoms. The summed E-state index contributed by atoms with van der Waals surface area (Å²) >= 11 is 0. The van der Waals surface area contributed by atoms with E-state index in [1.165, 1.54) is 24.3 Å². The summed E-state index contributed by atoms with van der Waals surface area (Å²) in [6.45, 7) is 4.18. The lowest BCUT2D eigenvalue weighted by atomic mass is 10.0. The van der Waals surface area contributed by atoms with Gasteiger partial charge in [-0.3, -0.25) is 9.59 Å². The van der Waals surface area contributed by atoms with Crippen molar-refractivity contribution < 1.29 is 23.5 Å². The van der Waals surface area contributed by atoms with E-state index in [1.807, 2.05) is 11.8 Å². The predicted molar refractivity (Wildman–Crippen MR) is 106 cm³/mol. The molecule has 0 unspecified atom stereocenters. The Balaban J connectivity index is 1.83. The second-order valence-electron chi connectivity index (χ2n) is 6.68. The van der Waals surface area contributed by atoms with E-state index in [9.17, 15) is 14.0 Å². The van der Waals surface area contributed by atoms with Gasteiger partial charge in [0.15, 0.2) is 0 Å². The molecule has 0 aromatic heterocycles. The maximum atomic E-state index is 13.5. The van der Waals surface area contributed by atoms with Gasteiger partial charge in [-0.15, -0.1) is 0 Å². The Morgan fingerprint density at radius 3 is 2.38 bits per heavy atom. The number of halogens is 1. The van der Waals surface area contributed by atoms with Crippen LogP contribution in [0.4, 0.5) is 10.1 Å². The number of para-hydroxylation sites is 2. The minimum absolute atomic E-state index is 0.267. The van der Waals surface area contributed by atoms with Crippen LogP contribution in [-0.4, -0.2) is 49.6 Å². The third-order valence-electron chi connectivity index (χ3n) is 4.93. The fourth-order valence-electron chi connectivity index (χ4n) is 3.61. The number of ether oxygens (including phenoxy) is 2. The molecule has 0 bridgehead atoms. The Bertz CT molecular complexity index is 965. The third kappa shape index (κ3) is 3.49. The Labute approximate surface area is 168 Å². The van der Waals surface area contributed by atoms with Gasteiger partial charge in [0.05, 0.1) is 31.1 Å². The molecule has 6 nitrogen and oxygen atoms in total. The van der Waals surface area contributed by atoms with Gasteiger partial charge < -0.3 is 14.4 Å². The summed E-state index contributed by atoms with van der Waals surface area (Å²) in [4.78, 5) is 29.9. The molecular weight excluding hydrogens is 375 g/mol. The Morgan fingerprint density at radius 1 is 1.00 bits per heavy atom. The first-order valence-electron chi connectivity index (χ1n) is 9.55. The zero-order chi connectivity index (χ0) is 20.4. The van der Waals surface area contributed by atoms with Gasteiger partial charge in [-0.2, -0.15) is 0 Å². The smallest absolute Gasteiger partial charge is 0.282 e. The Morgan fingerprint density at radius 2 is 1.69 bits per heavy atom. The molecule has 0 spiro atoms. The lowest BCUT2D eigenvalue weighted by Crippen LogP contribution is -2.40. The van der Waals surface area contributed by atoms with Gasteiger partial charge in [0.2, 0.25) is 0 Å². The van der Waals surface area contributed by atoms with Crippen molar-refractivity contribution in [2.24, 2.45) is 0 Å². The Hall–Kier alpha value is -3.19. The molecule has 1 saturated heterocycles. The number of morpholine rings is 1. The van der Waals surface area contributed by atoms with Crippen molar-refractivity contribution in [3.8, 4) is 5.75 Å². The van der Waals surface area contributed by atoms with Gasteiger partial charge in [-0.25, -0.2) is 9.29 Å². The second kappa shape index (κ2) is 8.05. The number of carbonyl (C=O) groups excluding carboxylic acids is 2. The van der Waals surface area contributed by atoms with Crippen LogP contribution in [0.3, 0.4) is 0 Å². The van der Waals surface area contributed by atoms with Gasteiger partial charge in [-0.05, 0) is 36.8 Å². The van der Waals surface area contributed by atoms with Crippen molar-refractivity contribution >= 4 is 23.1 Å². The van der Waals surface area contributed by atoms with Crippen LogP contribution in [0.1, 0.15) is 12.5 Å². The molecule has 2 aromatic rings. The number of imide groups is 1. The van der Waals surface area contributed by atoms with Gasteiger partial charge in [-0.1, -0.05) is 24.3 Å². The first-order valence-corrected chi connectivity index (χ1v) is 9.55. The number of nitrogens with zero attached hydrogens (tertiary/aromatic N) is 2. The molecule has 0 atom stereocenters. The van der Waals surface area contributed by atoms with Crippen molar-refractivity contribution in [3.63, 3.8) is 0 Å². The quantitative estimate of drug-likeness (QED) is 0.728. The van der Waals surface area contributed by atoms with Crippen LogP contribution >= 0.6 is 0 Å². The zero-order valence-electron chi connectivity index (χ0n) is 16.1. The topological polar surface area (TPSA) is 59.1 Å². The first kappa shape index (κ1) is 19.1. The molecule has 4 rings (SSSR count). The van der Waals surface area contributed by atoms with Crippen LogP contribution in [0.25, 0.3) is 5.57 Å². The molecule has 0 N–H and O–H groups in total. The van der Waals surface area contributed by atoms with Gasteiger partial charge in [0.1, 0.15) is 17.3 Å². The predicted octanol–water partition coefficient (Wildman–Crippen LogP) is 2.84. The highest BCUT2D eigenvalue weighted by molar-refractivity contribution is 6.45. The Kier molecular flexibility index (Phi) is 5.31. The number of hydrogen-bond donors (Lipinski definition) is 0. The van der Waals surface area contributed by atoms with E-state index < -0.39 is 17.6 Å². The highest BCUT2D eigenvalue weighted by Gasteiger charge is 2.43. The fraction of sp³-hybridized carbons (Fsp3) is 0.273. The molecule has 2 heterocycles. The van der Waals surface area contributed by atoms with Crippen molar-refractivity contribution in [1.82, 2.24) is 4.90 Å². The number of amides is 2. The fourth-order valence-corrected chi connectivity index (χ4v) is 3.61. The van der Waals surface area contributed by atoms with Gasteiger partial charge in [0.25, 0.3) is 11.8 Å². The zero-order valence-corrected chi connectivity index (χ0v) is 16.1. The lowest BCUT2D eigenvalue weighted by molar-refractivity contribution is -0.121. The molecule has 2 aliphatic heterocycles. The van der Waals surface area contributed by atoms with Crippen molar-refractivity contribution in [3.05, 3.63) is 65.6 Å². The maximum absolute atomic E-state index is 13.5. The van der Waals surface area contributed by atoms with Crippen LogP contribution in [0.15, 0.2) is 54.2 Å². The molecule has 0 radical (unpaired) electrons. The van der Waals surface area contributed by atoms with Gasteiger partial charge in [0, 0.05) is 13.1 Å². The first-order chi connectivity index (χ1) is 14.1. The van der Waals surface area contributed by atoms with Crippen LogP contribution < -0.4 is 9.64 Å². The molecule has 150 valence electrons. The number of carbonyl (C=O) groups is 2. The molecule has 2 amide bonds.